The van der Waals surface area contributed by atoms with Crippen LogP contribution in [-0.2, 0) is 25.5 Å². The average Bonchev–Trinajstić information content (AvgIpc) is 2.94. The average molecular weight is 571 g/mol. The van der Waals surface area contributed by atoms with Gasteiger partial charge in [0, 0.05) is 11.5 Å². The molecule has 230 valence electrons. The number of ether oxygens (including phenoxy) is 4. The lowest BCUT2D eigenvalue weighted by Gasteiger charge is -2.33. The zero-order valence-electron chi connectivity index (χ0n) is 26.7. The van der Waals surface area contributed by atoms with Crippen LogP contribution in [0.3, 0.4) is 0 Å². The van der Waals surface area contributed by atoms with Gasteiger partial charge >= 0.3 is 11.9 Å². The zero-order chi connectivity index (χ0) is 30.4. The van der Waals surface area contributed by atoms with Crippen molar-refractivity contribution in [2.75, 3.05) is 13.6 Å². The Labute approximate surface area is 248 Å². The van der Waals surface area contributed by atoms with Gasteiger partial charge in [0.25, 0.3) is 0 Å². The van der Waals surface area contributed by atoms with Gasteiger partial charge in [-0.05, 0) is 88.8 Å². The molecular weight excluding hydrogens is 516 g/mol. The van der Waals surface area contributed by atoms with Gasteiger partial charge in [-0.1, -0.05) is 71.3 Å². The molecule has 6 heteroatoms. The van der Waals surface area contributed by atoms with Crippen LogP contribution in [0.2, 0.25) is 0 Å². The molecule has 2 atom stereocenters. The molecule has 0 N–H and O–H groups in total. The Balaban J connectivity index is 2.51. The fraction of sp³-hybridized carbons (Fsp3) is 0.657. The normalized spacial score (nSPS) is 16.9. The van der Waals surface area contributed by atoms with Crippen LogP contribution < -0.4 is 9.47 Å². The van der Waals surface area contributed by atoms with Crippen molar-refractivity contribution in [2.45, 2.75) is 119 Å². The highest BCUT2D eigenvalue weighted by Gasteiger charge is 2.32. The third kappa shape index (κ3) is 10.2. The fourth-order valence-electron chi connectivity index (χ4n) is 5.63. The SMILES string of the molecule is C=C(C)C1CCC(C)=CC1c1c(OCOC(=O)C(CC)CC)cc(CCCCC)cc1OCOC(=O)C(CC)CC. The van der Waals surface area contributed by atoms with Crippen molar-refractivity contribution in [3.63, 3.8) is 0 Å². The minimum Gasteiger partial charge on any atom is -0.457 e. The van der Waals surface area contributed by atoms with Gasteiger partial charge in [-0.25, -0.2) is 0 Å². The molecule has 0 aliphatic heterocycles. The maximum atomic E-state index is 12.6. The number of hydrogen-bond donors (Lipinski definition) is 0. The number of rotatable bonds is 18. The summed E-state index contributed by atoms with van der Waals surface area (Å²) >= 11 is 0. The maximum absolute atomic E-state index is 12.6. The van der Waals surface area contributed by atoms with E-state index in [1.54, 1.807) is 0 Å². The van der Waals surface area contributed by atoms with Crippen LogP contribution in [0.15, 0.2) is 35.9 Å². The lowest BCUT2D eigenvalue weighted by atomic mass is 9.73. The van der Waals surface area contributed by atoms with Gasteiger partial charge in [-0.2, -0.15) is 0 Å². The van der Waals surface area contributed by atoms with E-state index in [4.69, 9.17) is 18.9 Å². The molecule has 0 saturated heterocycles. The van der Waals surface area contributed by atoms with E-state index in [9.17, 15) is 9.59 Å². The summed E-state index contributed by atoms with van der Waals surface area (Å²) < 4.78 is 23.7. The molecule has 41 heavy (non-hydrogen) atoms. The number of allylic oxidation sites excluding steroid dienone is 3. The van der Waals surface area contributed by atoms with Gasteiger partial charge in [-0.3, -0.25) is 9.59 Å². The molecule has 0 heterocycles. The van der Waals surface area contributed by atoms with E-state index in [0.29, 0.717) is 11.5 Å². The Morgan fingerprint density at radius 3 is 1.83 bits per heavy atom. The molecule has 2 rings (SSSR count). The van der Waals surface area contributed by atoms with Crippen molar-refractivity contribution in [3.8, 4) is 11.5 Å². The standard InChI is InChI=1S/C35H54O6/c1-9-14-15-16-26-20-31(38-22-40-34(36)27(10-2)11-3)33(30-19-25(8)17-18-29(30)24(6)7)32(21-26)39-23-41-35(37)28(12-4)13-5/h19-21,27-30H,6,9-18,22-23H2,1-5,7-8H3. The highest BCUT2D eigenvalue weighted by molar-refractivity contribution is 5.72. The van der Waals surface area contributed by atoms with Crippen molar-refractivity contribution in [1.29, 1.82) is 0 Å². The first-order valence-corrected chi connectivity index (χ1v) is 15.8. The zero-order valence-corrected chi connectivity index (χ0v) is 26.7. The van der Waals surface area contributed by atoms with Crippen molar-refractivity contribution < 1.29 is 28.5 Å². The molecular formula is C35H54O6. The van der Waals surface area contributed by atoms with E-state index < -0.39 is 0 Å². The second-order valence-electron chi connectivity index (χ2n) is 11.5. The largest absolute Gasteiger partial charge is 0.457 e. The lowest BCUT2D eigenvalue weighted by molar-refractivity contribution is -0.156. The molecule has 6 nitrogen and oxygen atoms in total. The van der Waals surface area contributed by atoms with Crippen LogP contribution in [0.1, 0.15) is 123 Å². The van der Waals surface area contributed by atoms with Gasteiger partial charge in [-0.15, -0.1) is 0 Å². The molecule has 0 bridgehead atoms. The van der Waals surface area contributed by atoms with Crippen LogP contribution in [0, 0.1) is 17.8 Å². The number of esters is 2. The minimum atomic E-state index is -0.242. The Kier molecular flexibility index (Phi) is 15.1. The van der Waals surface area contributed by atoms with Crippen molar-refractivity contribution >= 4 is 11.9 Å². The number of hydrogen-bond acceptors (Lipinski definition) is 6. The lowest BCUT2D eigenvalue weighted by Crippen LogP contribution is -2.22. The molecule has 1 aliphatic rings. The third-order valence-electron chi connectivity index (χ3n) is 8.42. The first kappa shape index (κ1) is 34.4. The van der Waals surface area contributed by atoms with E-state index in [-0.39, 0.29) is 49.2 Å². The van der Waals surface area contributed by atoms with Gasteiger partial charge in [0.2, 0.25) is 13.6 Å². The topological polar surface area (TPSA) is 71.1 Å². The summed E-state index contributed by atoms with van der Waals surface area (Å²) in [5.41, 5.74) is 4.36. The smallest absolute Gasteiger partial charge is 0.311 e. The number of carbonyl (C=O) groups excluding carboxylic acids is 2. The molecule has 0 amide bonds. The summed E-state index contributed by atoms with van der Waals surface area (Å²) in [6, 6.07) is 4.12. The molecule has 1 aliphatic carbocycles. The van der Waals surface area contributed by atoms with E-state index >= 15 is 0 Å². The molecule has 0 saturated carbocycles. The highest BCUT2D eigenvalue weighted by atomic mass is 16.7. The highest BCUT2D eigenvalue weighted by Crippen LogP contribution is 2.47. The molecule has 1 aromatic rings. The summed E-state index contributed by atoms with van der Waals surface area (Å²) in [6.45, 7) is 18.3. The molecule has 0 spiro atoms. The Hall–Kier alpha value is -2.76. The van der Waals surface area contributed by atoms with Crippen molar-refractivity contribution in [3.05, 3.63) is 47.1 Å². The second-order valence-corrected chi connectivity index (χ2v) is 11.5. The molecule has 0 radical (unpaired) electrons. The predicted octanol–water partition coefficient (Wildman–Crippen LogP) is 9.07. The first-order valence-electron chi connectivity index (χ1n) is 15.8. The second kappa shape index (κ2) is 17.9. The number of unbranched alkanes of at least 4 members (excludes halogenated alkanes) is 2. The quantitative estimate of drug-likeness (QED) is 0.0759. The minimum absolute atomic E-state index is 0.0274. The van der Waals surface area contributed by atoms with Crippen molar-refractivity contribution in [1.82, 2.24) is 0 Å². The summed E-state index contributed by atoms with van der Waals surface area (Å²) in [7, 11) is 0. The van der Waals surface area contributed by atoms with E-state index in [1.807, 2.05) is 27.7 Å². The predicted molar refractivity (Wildman–Crippen MR) is 165 cm³/mol. The van der Waals surface area contributed by atoms with Crippen LogP contribution in [0.4, 0.5) is 0 Å². The van der Waals surface area contributed by atoms with Crippen LogP contribution >= 0.6 is 0 Å². The Bertz CT molecular complexity index is 966. The van der Waals surface area contributed by atoms with E-state index in [2.05, 4.69) is 45.6 Å². The Morgan fingerprint density at radius 1 is 0.878 bits per heavy atom. The summed E-state index contributed by atoms with van der Waals surface area (Å²) in [5.74, 6) is 0.689. The van der Waals surface area contributed by atoms with Gasteiger partial charge in [0.1, 0.15) is 11.5 Å². The molecule has 0 fully saturated rings. The Morgan fingerprint density at radius 2 is 1.39 bits per heavy atom. The van der Waals surface area contributed by atoms with Crippen LogP contribution in [0.25, 0.3) is 0 Å². The first-order chi connectivity index (χ1) is 19.7. The summed E-state index contributed by atoms with van der Waals surface area (Å²) in [6.07, 6.45) is 11.3. The van der Waals surface area contributed by atoms with Gasteiger partial charge in [0.15, 0.2) is 0 Å². The number of carbonyl (C=O) groups is 2. The number of aryl methyl sites for hydroxylation is 1. The van der Waals surface area contributed by atoms with Gasteiger partial charge in [0.05, 0.1) is 11.8 Å². The molecule has 0 aromatic heterocycles. The summed E-state index contributed by atoms with van der Waals surface area (Å²) in [4.78, 5) is 25.2. The maximum Gasteiger partial charge on any atom is 0.311 e. The number of benzene rings is 1. The van der Waals surface area contributed by atoms with Crippen molar-refractivity contribution in [2.24, 2.45) is 17.8 Å². The fourth-order valence-corrected chi connectivity index (χ4v) is 5.63. The van der Waals surface area contributed by atoms with Crippen LogP contribution in [-0.4, -0.2) is 25.5 Å². The van der Waals surface area contributed by atoms with Gasteiger partial charge < -0.3 is 18.9 Å². The van der Waals surface area contributed by atoms with E-state index in [0.717, 1.165) is 80.9 Å². The molecule has 1 aromatic carbocycles. The monoisotopic (exact) mass is 570 g/mol. The summed E-state index contributed by atoms with van der Waals surface area (Å²) in [5, 5.41) is 0. The van der Waals surface area contributed by atoms with Crippen LogP contribution in [0.5, 0.6) is 11.5 Å². The molecule has 2 unspecified atom stereocenters. The third-order valence-corrected chi connectivity index (χ3v) is 8.42. The van der Waals surface area contributed by atoms with E-state index in [1.165, 1.54) is 5.57 Å².